The van der Waals surface area contributed by atoms with E-state index in [1.54, 1.807) is 0 Å². The number of halogens is 1. The van der Waals surface area contributed by atoms with Crippen LogP contribution in [0.2, 0.25) is 0 Å². The summed E-state index contributed by atoms with van der Waals surface area (Å²) in [6.45, 7) is -0.347. The molecule has 0 bridgehead atoms. The number of nitrogen functional groups attached to an aromatic ring is 1. The quantitative estimate of drug-likeness (QED) is 0.640. The van der Waals surface area contributed by atoms with Gasteiger partial charge < -0.3 is 15.9 Å². The van der Waals surface area contributed by atoms with E-state index in [9.17, 15) is 14.3 Å². The monoisotopic (exact) mass is 261 g/mol. The number of aliphatic hydroxyl groups is 2. The van der Waals surface area contributed by atoms with Crippen molar-refractivity contribution in [3.63, 3.8) is 0 Å². The van der Waals surface area contributed by atoms with Gasteiger partial charge in [-0.15, -0.1) is 11.8 Å². The van der Waals surface area contributed by atoms with E-state index >= 15 is 0 Å². The summed E-state index contributed by atoms with van der Waals surface area (Å²) in [5.74, 6) is 0.0592. The van der Waals surface area contributed by atoms with Crippen LogP contribution in [-0.2, 0) is 0 Å². The molecule has 0 saturated carbocycles. The van der Waals surface area contributed by atoms with E-state index in [0.717, 1.165) is 16.3 Å². The fourth-order valence-corrected chi connectivity index (χ4v) is 3.06. The second-order valence-electron chi connectivity index (χ2n) is 3.72. The Morgan fingerprint density at radius 1 is 1.65 bits per heavy atom. The third-order valence-electron chi connectivity index (χ3n) is 2.60. The lowest BCUT2D eigenvalue weighted by atomic mass is 10.1. The molecule has 1 aromatic heterocycles. The predicted molar refractivity (Wildman–Crippen MR) is 61.3 cm³/mol. The Bertz CT molecular complexity index is 469. The standard InChI is InChI=1S/C9H12FN3O3S/c10-6-7(15)4(3-14)17-8(6)13-2-1-5(11)12-9(13)16/h1-2,4,6-8,14-15H,3H2,(H2,11,12,16). The topological polar surface area (TPSA) is 101 Å². The van der Waals surface area contributed by atoms with Gasteiger partial charge in [-0.1, -0.05) is 0 Å². The van der Waals surface area contributed by atoms with Crippen molar-refractivity contribution in [1.82, 2.24) is 9.55 Å². The predicted octanol–water partition coefficient (Wildman–Crippen LogP) is -0.869. The summed E-state index contributed by atoms with van der Waals surface area (Å²) >= 11 is 1.01. The third kappa shape index (κ3) is 2.15. The van der Waals surface area contributed by atoms with Gasteiger partial charge >= 0.3 is 5.69 Å². The van der Waals surface area contributed by atoms with Crippen LogP contribution in [0.5, 0.6) is 0 Å². The van der Waals surface area contributed by atoms with Crippen molar-refractivity contribution in [2.45, 2.75) is 22.9 Å². The van der Waals surface area contributed by atoms with Gasteiger partial charge in [0.15, 0.2) is 6.17 Å². The molecule has 0 aliphatic carbocycles. The molecule has 2 heterocycles. The molecule has 2 rings (SSSR count). The molecule has 4 unspecified atom stereocenters. The summed E-state index contributed by atoms with van der Waals surface area (Å²) in [4.78, 5) is 15.0. The Morgan fingerprint density at radius 2 is 2.35 bits per heavy atom. The van der Waals surface area contributed by atoms with Gasteiger partial charge in [0.25, 0.3) is 0 Å². The average Bonchev–Trinajstić information content (AvgIpc) is 2.57. The molecule has 8 heteroatoms. The molecule has 0 spiro atoms. The molecule has 0 amide bonds. The van der Waals surface area contributed by atoms with Crippen molar-refractivity contribution < 1.29 is 14.6 Å². The average molecular weight is 261 g/mol. The minimum atomic E-state index is -1.62. The van der Waals surface area contributed by atoms with E-state index in [2.05, 4.69) is 4.98 Å². The normalized spacial score (nSPS) is 32.9. The number of aliphatic hydroxyl groups excluding tert-OH is 2. The van der Waals surface area contributed by atoms with Gasteiger partial charge in [-0.3, -0.25) is 4.57 Å². The number of alkyl halides is 1. The second kappa shape index (κ2) is 4.63. The molecule has 1 aromatic rings. The molecular weight excluding hydrogens is 249 g/mol. The van der Waals surface area contributed by atoms with E-state index in [-0.39, 0.29) is 12.4 Å². The zero-order valence-electron chi connectivity index (χ0n) is 8.73. The number of thioether (sulfide) groups is 1. The first-order valence-corrected chi connectivity index (χ1v) is 5.92. The number of hydrogen-bond acceptors (Lipinski definition) is 6. The lowest BCUT2D eigenvalue weighted by Gasteiger charge is -2.15. The zero-order chi connectivity index (χ0) is 12.6. The van der Waals surface area contributed by atoms with Crippen molar-refractivity contribution in [2.75, 3.05) is 12.3 Å². The first-order chi connectivity index (χ1) is 8.04. The maximum Gasteiger partial charge on any atom is 0.350 e. The molecule has 1 saturated heterocycles. The van der Waals surface area contributed by atoms with E-state index < -0.39 is 28.6 Å². The molecule has 4 atom stereocenters. The maximum absolute atomic E-state index is 13.8. The van der Waals surface area contributed by atoms with Crippen LogP contribution in [0.15, 0.2) is 17.1 Å². The minimum absolute atomic E-state index is 0.0592. The fraction of sp³-hybridized carbons (Fsp3) is 0.556. The Kier molecular flexibility index (Phi) is 3.36. The number of nitrogens with two attached hydrogens (primary N) is 1. The SMILES string of the molecule is Nc1ccn(C2SC(CO)C(O)C2F)c(=O)n1. The van der Waals surface area contributed by atoms with Gasteiger partial charge in [0.1, 0.15) is 17.3 Å². The van der Waals surface area contributed by atoms with Crippen LogP contribution in [0, 0.1) is 0 Å². The van der Waals surface area contributed by atoms with Crippen LogP contribution in [0.4, 0.5) is 10.2 Å². The van der Waals surface area contributed by atoms with Crippen molar-refractivity contribution in [1.29, 1.82) is 0 Å². The van der Waals surface area contributed by atoms with Crippen LogP contribution in [0.3, 0.4) is 0 Å². The molecule has 1 aliphatic rings. The lowest BCUT2D eigenvalue weighted by Crippen LogP contribution is -2.33. The Labute approximate surface area is 100 Å². The van der Waals surface area contributed by atoms with Gasteiger partial charge in [0.05, 0.1) is 11.9 Å². The van der Waals surface area contributed by atoms with Gasteiger partial charge in [-0.05, 0) is 6.07 Å². The van der Waals surface area contributed by atoms with Crippen LogP contribution < -0.4 is 11.4 Å². The molecule has 0 radical (unpaired) electrons. The lowest BCUT2D eigenvalue weighted by molar-refractivity contribution is 0.0631. The summed E-state index contributed by atoms with van der Waals surface area (Å²) in [7, 11) is 0. The van der Waals surface area contributed by atoms with Crippen LogP contribution >= 0.6 is 11.8 Å². The Morgan fingerprint density at radius 3 is 2.88 bits per heavy atom. The second-order valence-corrected chi connectivity index (χ2v) is 5.09. The van der Waals surface area contributed by atoms with Crippen LogP contribution in [0.25, 0.3) is 0 Å². The van der Waals surface area contributed by atoms with Gasteiger partial charge in [0.2, 0.25) is 0 Å². The largest absolute Gasteiger partial charge is 0.395 e. The maximum atomic E-state index is 13.8. The first kappa shape index (κ1) is 12.3. The molecule has 94 valence electrons. The van der Waals surface area contributed by atoms with Crippen molar-refractivity contribution in [3.05, 3.63) is 22.7 Å². The summed E-state index contributed by atoms with van der Waals surface area (Å²) in [5.41, 5.74) is 4.66. The zero-order valence-corrected chi connectivity index (χ0v) is 9.55. The number of rotatable bonds is 2. The van der Waals surface area contributed by atoms with Crippen molar-refractivity contribution >= 4 is 17.6 Å². The van der Waals surface area contributed by atoms with E-state index in [0.29, 0.717) is 0 Å². The van der Waals surface area contributed by atoms with Crippen LogP contribution in [0.1, 0.15) is 5.37 Å². The highest BCUT2D eigenvalue weighted by atomic mass is 32.2. The van der Waals surface area contributed by atoms with E-state index in [1.165, 1.54) is 12.3 Å². The van der Waals surface area contributed by atoms with E-state index in [4.69, 9.17) is 10.8 Å². The molecule has 0 aromatic carbocycles. The van der Waals surface area contributed by atoms with Gasteiger partial charge in [0, 0.05) is 6.20 Å². The summed E-state index contributed by atoms with van der Waals surface area (Å²) in [6.07, 6.45) is -1.58. The van der Waals surface area contributed by atoms with Crippen molar-refractivity contribution in [3.8, 4) is 0 Å². The summed E-state index contributed by atoms with van der Waals surface area (Å²) in [5, 5.41) is 17.0. The molecule has 17 heavy (non-hydrogen) atoms. The fourth-order valence-electron chi connectivity index (χ4n) is 1.70. The minimum Gasteiger partial charge on any atom is -0.395 e. The third-order valence-corrected chi connectivity index (χ3v) is 4.14. The molecule has 4 N–H and O–H groups in total. The van der Waals surface area contributed by atoms with E-state index in [1.807, 2.05) is 0 Å². The molecule has 6 nitrogen and oxygen atoms in total. The molecule has 1 fully saturated rings. The number of hydrogen-bond donors (Lipinski definition) is 3. The summed E-state index contributed by atoms with van der Waals surface area (Å²) < 4.78 is 14.9. The number of anilines is 1. The van der Waals surface area contributed by atoms with Crippen molar-refractivity contribution in [2.24, 2.45) is 0 Å². The van der Waals surface area contributed by atoms with Gasteiger partial charge in [-0.2, -0.15) is 4.98 Å². The molecule has 1 aliphatic heterocycles. The highest BCUT2D eigenvalue weighted by molar-refractivity contribution is 8.00. The highest BCUT2D eigenvalue weighted by Gasteiger charge is 2.44. The first-order valence-electron chi connectivity index (χ1n) is 4.97. The summed E-state index contributed by atoms with van der Waals surface area (Å²) in [6, 6.07) is 1.38. The molecular formula is C9H12FN3O3S. The smallest absolute Gasteiger partial charge is 0.350 e. The highest BCUT2D eigenvalue weighted by Crippen LogP contribution is 2.42. The number of nitrogens with zero attached hydrogens (tertiary/aromatic N) is 2. The van der Waals surface area contributed by atoms with Crippen LogP contribution in [-0.4, -0.2) is 43.9 Å². The Hall–Kier alpha value is -1.12. The van der Waals surface area contributed by atoms with Gasteiger partial charge in [-0.25, -0.2) is 9.18 Å². The number of aromatic nitrogens is 2. The Balaban J connectivity index is 2.32.